The van der Waals surface area contributed by atoms with Crippen LogP contribution in [0.25, 0.3) is 5.69 Å². The molecule has 8 heteroatoms. The molecule has 1 aliphatic rings. The molecule has 2 atom stereocenters. The summed E-state index contributed by atoms with van der Waals surface area (Å²) in [7, 11) is 0. The second-order valence-corrected chi connectivity index (χ2v) is 11.0. The maximum Gasteiger partial charge on any atom is 0.262 e. The lowest BCUT2D eigenvalue weighted by Crippen LogP contribution is -2.29. The van der Waals surface area contributed by atoms with E-state index < -0.39 is 0 Å². The van der Waals surface area contributed by atoms with Gasteiger partial charge in [-0.1, -0.05) is 42.5 Å². The third kappa shape index (κ3) is 5.74. The number of ether oxygens (including phenoxy) is 1. The topological polar surface area (TPSA) is 71.4 Å². The largest absolute Gasteiger partial charge is 0.484 e. The van der Waals surface area contributed by atoms with E-state index in [-0.39, 0.29) is 24.6 Å². The van der Waals surface area contributed by atoms with Gasteiger partial charge in [0.15, 0.2) is 11.7 Å². The standard InChI is InChI=1S/C35H33N5O2S/c1-23-11-7-8-15-31(23)39-24(2)21-29(25(39)3)34-33(30-14-9-10-20-36-30)38-35(43)40(34)27-18-16-26(17-19-27)37-32(41)22-42-28-12-5-4-6-13-28/h4-21,33-34H,22H2,1-3H3,(H,37,41)(H,38,43)/t33-,34-/m0/s1. The average Bonchev–Trinajstić information content (AvgIpc) is 3.52. The molecule has 0 radical (unpaired) electrons. The molecule has 5 aromatic rings. The van der Waals surface area contributed by atoms with E-state index in [9.17, 15) is 4.79 Å². The Hall–Kier alpha value is -4.95. The van der Waals surface area contributed by atoms with Crippen molar-refractivity contribution in [2.24, 2.45) is 0 Å². The number of carbonyl (C=O) groups is 1. The highest BCUT2D eigenvalue weighted by Gasteiger charge is 2.42. The van der Waals surface area contributed by atoms with Gasteiger partial charge in [0.1, 0.15) is 5.75 Å². The highest BCUT2D eigenvalue weighted by atomic mass is 32.1. The summed E-state index contributed by atoms with van der Waals surface area (Å²) in [6, 6.07) is 33.4. The second kappa shape index (κ2) is 12.1. The number of hydrogen-bond acceptors (Lipinski definition) is 4. The van der Waals surface area contributed by atoms with E-state index in [4.69, 9.17) is 21.9 Å². The second-order valence-electron chi connectivity index (χ2n) is 10.6. The van der Waals surface area contributed by atoms with Crippen molar-refractivity contribution in [1.82, 2.24) is 14.9 Å². The van der Waals surface area contributed by atoms with Crippen LogP contribution >= 0.6 is 12.2 Å². The summed E-state index contributed by atoms with van der Waals surface area (Å²) >= 11 is 5.95. The van der Waals surface area contributed by atoms with Crippen molar-refractivity contribution in [3.8, 4) is 11.4 Å². The van der Waals surface area contributed by atoms with E-state index in [1.807, 2.05) is 79.0 Å². The third-order valence-electron chi connectivity index (χ3n) is 7.79. The number of thiocarbonyl (C=S) groups is 1. The van der Waals surface area contributed by atoms with Crippen LogP contribution in [0.15, 0.2) is 109 Å². The highest BCUT2D eigenvalue weighted by Crippen LogP contribution is 2.44. The van der Waals surface area contributed by atoms with E-state index in [0.717, 1.165) is 28.5 Å². The van der Waals surface area contributed by atoms with Crippen molar-refractivity contribution in [3.05, 3.63) is 138 Å². The minimum absolute atomic E-state index is 0.0732. The van der Waals surface area contributed by atoms with Crippen LogP contribution in [-0.4, -0.2) is 27.2 Å². The van der Waals surface area contributed by atoms with Crippen molar-refractivity contribution in [2.75, 3.05) is 16.8 Å². The fourth-order valence-electron chi connectivity index (χ4n) is 5.79. The molecule has 0 saturated carbocycles. The molecule has 3 heterocycles. The first-order valence-electron chi connectivity index (χ1n) is 14.2. The Balaban J connectivity index is 1.31. The minimum Gasteiger partial charge on any atom is -0.484 e. The molecular formula is C35H33N5O2S. The van der Waals surface area contributed by atoms with Crippen LogP contribution in [0, 0.1) is 20.8 Å². The molecular weight excluding hydrogens is 554 g/mol. The summed E-state index contributed by atoms with van der Waals surface area (Å²) in [5, 5.41) is 7.09. The maximum atomic E-state index is 12.5. The Morgan fingerprint density at radius 3 is 2.37 bits per heavy atom. The predicted octanol–water partition coefficient (Wildman–Crippen LogP) is 6.99. The number of aromatic nitrogens is 2. The van der Waals surface area contributed by atoms with Gasteiger partial charge in [0.25, 0.3) is 5.91 Å². The van der Waals surface area contributed by atoms with E-state index in [1.54, 1.807) is 0 Å². The lowest BCUT2D eigenvalue weighted by atomic mass is 9.96. The number of hydrogen-bond donors (Lipinski definition) is 2. The van der Waals surface area contributed by atoms with Crippen LogP contribution in [0.5, 0.6) is 5.75 Å². The molecule has 7 nitrogen and oxygen atoms in total. The first-order chi connectivity index (χ1) is 20.9. The van der Waals surface area contributed by atoms with Gasteiger partial charge < -0.3 is 24.8 Å². The number of amides is 1. The van der Waals surface area contributed by atoms with Gasteiger partial charge in [-0.2, -0.15) is 0 Å². The first kappa shape index (κ1) is 28.2. The molecule has 6 rings (SSSR count). The Morgan fingerprint density at radius 2 is 1.65 bits per heavy atom. The molecule has 216 valence electrons. The summed E-state index contributed by atoms with van der Waals surface area (Å²) in [4.78, 5) is 19.4. The number of aryl methyl sites for hydroxylation is 2. The van der Waals surface area contributed by atoms with E-state index in [0.29, 0.717) is 16.5 Å². The lowest BCUT2D eigenvalue weighted by Gasteiger charge is -2.28. The zero-order valence-corrected chi connectivity index (χ0v) is 25.1. The van der Waals surface area contributed by atoms with E-state index in [1.165, 1.54) is 11.1 Å². The van der Waals surface area contributed by atoms with Crippen LogP contribution in [-0.2, 0) is 4.79 Å². The van der Waals surface area contributed by atoms with Crippen molar-refractivity contribution in [1.29, 1.82) is 0 Å². The number of benzene rings is 3. The normalized spacial score (nSPS) is 16.2. The number of nitrogens with zero attached hydrogens (tertiary/aromatic N) is 3. The number of nitrogens with one attached hydrogen (secondary N) is 2. The van der Waals surface area contributed by atoms with Gasteiger partial charge in [-0.3, -0.25) is 9.78 Å². The van der Waals surface area contributed by atoms with Gasteiger partial charge in [-0.15, -0.1) is 0 Å². The molecule has 0 unspecified atom stereocenters. The van der Waals surface area contributed by atoms with Gasteiger partial charge in [0.05, 0.1) is 17.8 Å². The zero-order chi connectivity index (χ0) is 29.9. The molecule has 43 heavy (non-hydrogen) atoms. The molecule has 3 aromatic carbocycles. The van der Waals surface area contributed by atoms with Crippen LogP contribution in [0.4, 0.5) is 11.4 Å². The van der Waals surface area contributed by atoms with Crippen LogP contribution in [0.3, 0.4) is 0 Å². The van der Waals surface area contributed by atoms with Crippen molar-refractivity contribution < 1.29 is 9.53 Å². The maximum absolute atomic E-state index is 12.5. The number of carbonyl (C=O) groups excluding carboxylic acids is 1. The minimum atomic E-state index is -0.230. The Bertz CT molecular complexity index is 1750. The summed E-state index contributed by atoms with van der Waals surface area (Å²) in [5.74, 6) is 0.421. The van der Waals surface area contributed by atoms with Crippen molar-refractivity contribution >= 4 is 34.6 Å². The number of para-hydroxylation sites is 2. The van der Waals surface area contributed by atoms with Crippen LogP contribution in [0.1, 0.15) is 40.3 Å². The molecule has 0 bridgehead atoms. The van der Waals surface area contributed by atoms with Crippen molar-refractivity contribution in [2.45, 2.75) is 32.9 Å². The smallest absolute Gasteiger partial charge is 0.262 e. The Morgan fingerprint density at radius 1 is 0.930 bits per heavy atom. The molecule has 1 fully saturated rings. The number of pyridine rings is 1. The van der Waals surface area contributed by atoms with Gasteiger partial charge in [0, 0.05) is 34.6 Å². The lowest BCUT2D eigenvalue weighted by molar-refractivity contribution is -0.118. The van der Waals surface area contributed by atoms with E-state index in [2.05, 4.69) is 71.2 Å². The Labute approximate surface area is 257 Å². The number of anilines is 2. The molecule has 1 aliphatic heterocycles. The summed E-state index contributed by atoms with van der Waals surface area (Å²) in [5.41, 5.74) is 8.35. The Kier molecular flexibility index (Phi) is 7.94. The van der Waals surface area contributed by atoms with E-state index >= 15 is 0 Å². The molecule has 1 amide bonds. The van der Waals surface area contributed by atoms with Crippen LogP contribution in [0.2, 0.25) is 0 Å². The monoisotopic (exact) mass is 587 g/mol. The molecule has 2 aromatic heterocycles. The fourth-order valence-corrected chi connectivity index (χ4v) is 6.14. The third-order valence-corrected chi connectivity index (χ3v) is 8.10. The average molecular weight is 588 g/mol. The summed E-state index contributed by atoms with van der Waals surface area (Å²) in [6.07, 6.45) is 1.81. The first-order valence-corrected chi connectivity index (χ1v) is 14.6. The van der Waals surface area contributed by atoms with Gasteiger partial charge in [0.2, 0.25) is 0 Å². The summed E-state index contributed by atoms with van der Waals surface area (Å²) in [6.45, 7) is 6.37. The van der Waals surface area contributed by atoms with Gasteiger partial charge >= 0.3 is 0 Å². The van der Waals surface area contributed by atoms with Gasteiger partial charge in [-0.25, -0.2) is 0 Å². The SMILES string of the molecule is Cc1ccccc1-n1c(C)cc([C@H]2[C@H](c3ccccn3)NC(=S)N2c2ccc(NC(=O)COc3ccccc3)cc2)c1C. The molecule has 1 saturated heterocycles. The van der Waals surface area contributed by atoms with Crippen molar-refractivity contribution in [3.63, 3.8) is 0 Å². The zero-order valence-electron chi connectivity index (χ0n) is 24.3. The quantitative estimate of drug-likeness (QED) is 0.191. The fraction of sp³-hybridized carbons (Fsp3) is 0.171. The predicted molar refractivity (Wildman–Crippen MR) is 175 cm³/mol. The number of rotatable bonds is 8. The molecule has 0 aliphatic carbocycles. The summed E-state index contributed by atoms with van der Waals surface area (Å²) < 4.78 is 7.90. The molecule has 0 spiro atoms. The van der Waals surface area contributed by atoms with Crippen LogP contribution < -0.4 is 20.3 Å². The highest BCUT2D eigenvalue weighted by molar-refractivity contribution is 7.80. The van der Waals surface area contributed by atoms with Gasteiger partial charge in [-0.05, 0) is 105 Å². The molecule has 2 N–H and O–H groups in total.